The van der Waals surface area contributed by atoms with Gasteiger partial charge in [-0.1, -0.05) is 25.1 Å². The summed E-state index contributed by atoms with van der Waals surface area (Å²) >= 11 is 0. The van der Waals surface area contributed by atoms with Crippen molar-refractivity contribution in [2.45, 2.75) is 32.0 Å². The first-order valence-corrected chi connectivity index (χ1v) is 7.73. The van der Waals surface area contributed by atoms with E-state index in [0.717, 1.165) is 6.42 Å². The van der Waals surface area contributed by atoms with Crippen LogP contribution in [0.4, 0.5) is 8.78 Å². The lowest BCUT2D eigenvalue weighted by atomic mass is 10.1. The van der Waals surface area contributed by atoms with Gasteiger partial charge in [-0.3, -0.25) is 4.21 Å². The summed E-state index contributed by atoms with van der Waals surface area (Å²) in [5.74, 6) is 1.20. The van der Waals surface area contributed by atoms with Crippen molar-refractivity contribution in [3.8, 4) is 5.75 Å². The van der Waals surface area contributed by atoms with E-state index in [1.165, 1.54) is 6.07 Å². The molecule has 1 aromatic rings. The lowest BCUT2D eigenvalue weighted by Gasteiger charge is -2.31. The number of rotatable bonds is 4. The van der Waals surface area contributed by atoms with Crippen LogP contribution in [0.1, 0.15) is 24.9 Å². The first kappa shape index (κ1) is 14.4. The molecule has 0 amide bonds. The van der Waals surface area contributed by atoms with Gasteiger partial charge in [0.25, 0.3) is 0 Å². The van der Waals surface area contributed by atoms with Crippen LogP contribution in [0.25, 0.3) is 0 Å². The SMILES string of the molecule is CCC1CS(=O)CC(c2ccccc2OC(F)F)N1. The molecule has 19 heavy (non-hydrogen) atoms. The molecule has 3 unspecified atom stereocenters. The fraction of sp³-hybridized carbons (Fsp3) is 0.538. The van der Waals surface area contributed by atoms with Crippen molar-refractivity contribution in [1.82, 2.24) is 5.32 Å². The second-order valence-corrected chi connectivity index (χ2v) is 6.06. The van der Waals surface area contributed by atoms with Crippen molar-refractivity contribution in [1.29, 1.82) is 0 Å². The van der Waals surface area contributed by atoms with Crippen LogP contribution < -0.4 is 10.1 Å². The number of hydrogen-bond donors (Lipinski definition) is 1. The quantitative estimate of drug-likeness (QED) is 0.925. The van der Waals surface area contributed by atoms with E-state index >= 15 is 0 Å². The molecule has 3 atom stereocenters. The fourth-order valence-electron chi connectivity index (χ4n) is 2.25. The highest BCUT2D eigenvalue weighted by Gasteiger charge is 2.28. The molecule has 0 aromatic heterocycles. The van der Waals surface area contributed by atoms with Crippen molar-refractivity contribution in [2.75, 3.05) is 11.5 Å². The topological polar surface area (TPSA) is 38.3 Å². The molecule has 0 spiro atoms. The Morgan fingerprint density at radius 2 is 2.16 bits per heavy atom. The van der Waals surface area contributed by atoms with E-state index in [0.29, 0.717) is 17.1 Å². The fourth-order valence-corrected chi connectivity index (χ4v) is 3.81. The van der Waals surface area contributed by atoms with Crippen LogP contribution in [0, 0.1) is 0 Å². The molecule has 0 radical (unpaired) electrons. The number of para-hydroxylation sites is 1. The molecule has 1 aromatic carbocycles. The van der Waals surface area contributed by atoms with Crippen molar-refractivity contribution in [3.05, 3.63) is 29.8 Å². The van der Waals surface area contributed by atoms with Crippen LogP contribution in [0.15, 0.2) is 24.3 Å². The zero-order valence-corrected chi connectivity index (χ0v) is 11.5. The molecule has 1 fully saturated rings. The van der Waals surface area contributed by atoms with E-state index in [2.05, 4.69) is 10.1 Å². The third-order valence-corrected chi connectivity index (χ3v) is 4.66. The first-order valence-electron chi connectivity index (χ1n) is 6.25. The van der Waals surface area contributed by atoms with Crippen molar-refractivity contribution < 1.29 is 17.7 Å². The summed E-state index contributed by atoms with van der Waals surface area (Å²) < 4.78 is 41.1. The van der Waals surface area contributed by atoms with Gasteiger partial charge in [-0.25, -0.2) is 0 Å². The number of halogens is 2. The van der Waals surface area contributed by atoms with Gasteiger partial charge in [-0.15, -0.1) is 0 Å². The van der Waals surface area contributed by atoms with Gasteiger partial charge < -0.3 is 10.1 Å². The van der Waals surface area contributed by atoms with E-state index in [4.69, 9.17) is 0 Å². The normalized spacial score (nSPS) is 27.5. The highest BCUT2D eigenvalue weighted by molar-refractivity contribution is 7.85. The highest BCUT2D eigenvalue weighted by atomic mass is 32.2. The third kappa shape index (κ3) is 3.73. The van der Waals surface area contributed by atoms with Crippen molar-refractivity contribution >= 4 is 10.8 Å². The Hall–Kier alpha value is -1.01. The standard InChI is InChI=1S/C13H17F2NO2S/c1-2-9-7-19(17)8-11(16-9)10-5-3-4-6-12(10)18-13(14)15/h3-6,9,11,13,16H,2,7-8H2,1H3. The highest BCUT2D eigenvalue weighted by Crippen LogP contribution is 2.29. The van der Waals surface area contributed by atoms with Gasteiger partial charge in [0.15, 0.2) is 0 Å². The zero-order chi connectivity index (χ0) is 13.8. The third-order valence-electron chi connectivity index (χ3n) is 3.18. The Morgan fingerprint density at radius 3 is 2.84 bits per heavy atom. The lowest BCUT2D eigenvalue weighted by Crippen LogP contribution is -2.44. The van der Waals surface area contributed by atoms with Crippen LogP contribution in [0.2, 0.25) is 0 Å². The molecule has 6 heteroatoms. The average Bonchev–Trinajstić information content (AvgIpc) is 2.38. The van der Waals surface area contributed by atoms with Crippen LogP contribution >= 0.6 is 0 Å². The van der Waals surface area contributed by atoms with Crippen LogP contribution in [-0.2, 0) is 10.8 Å². The van der Waals surface area contributed by atoms with Gasteiger partial charge in [0.2, 0.25) is 0 Å². The summed E-state index contributed by atoms with van der Waals surface area (Å²) in [5, 5.41) is 3.35. The summed E-state index contributed by atoms with van der Waals surface area (Å²) in [4.78, 5) is 0. The molecule has 2 rings (SSSR count). The summed E-state index contributed by atoms with van der Waals surface area (Å²) in [5.41, 5.74) is 0.648. The number of nitrogens with one attached hydrogen (secondary N) is 1. The maximum Gasteiger partial charge on any atom is 0.387 e. The van der Waals surface area contributed by atoms with Gasteiger partial charge in [0, 0.05) is 40.0 Å². The first-order chi connectivity index (χ1) is 9.10. The zero-order valence-electron chi connectivity index (χ0n) is 10.6. The Balaban J connectivity index is 2.22. The molecule has 1 heterocycles. The maximum atomic E-state index is 12.4. The maximum absolute atomic E-state index is 12.4. The van der Waals surface area contributed by atoms with Gasteiger partial charge in [0.1, 0.15) is 5.75 Å². The molecule has 0 bridgehead atoms. The summed E-state index contributed by atoms with van der Waals surface area (Å²) in [7, 11) is -0.927. The predicted molar refractivity (Wildman–Crippen MR) is 70.9 cm³/mol. The van der Waals surface area contributed by atoms with Crippen LogP contribution in [-0.4, -0.2) is 28.4 Å². The molecule has 1 saturated heterocycles. The molecule has 0 saturated carbocycles. The Morgan fingerprint density at radius 1 is 1.42 bits per heavy atom. The molecule has 3 nitrogen and oxygen atoms in total. The lowest BCUT2D eigenvalue weighted by molar-refractivity contribution is -0.0506. The second kappa shape index (κ2) is 6.43. The Bertz CT molecular complexity index is 456. The van der Waals surface area contributed by atoms with E-state index in [9.17, 15) is 13.0 Å². The number of ether oxygens (including phenoxy) is 1. The molecule has 1 aliphatic rings. The summed E-state index contributed by atoms with van der Waals surface area (Å²) in [6.07, 6.45) is 0.861. The number of alkyl halides is 2. The Kier molecular flexibility index (Phi) is 4.87. The molecule has 1 aliphatic heterocycles. The van der Waals surface area contributed by atoms with E-state index in [1.54, 1.807) is 18.2 Å². The number of hydrogen-bond acceptors (Lipinski definition) is 3. The number of benzene rings is 1. The molecule has 106 valence electrons. The minimum atomic E-state index is -2.85. The second-order valence-electron chi connectivity index (χ2n) is 4.51. The van der Waals surface area contributed by atoms with Gasteiger partial charge in [0.05, 0.1) is 0 Å². The van der Waals surface area contributed by atoms with Gasteiger partial charge >= 0.3 is 6.61 Å². The molecular weight excluding hydrogens is 272 g/mol. The smallest absolute Gasteiger partial charge is 0.387 e. The molecular formula is C13H17F2NO2S. The molecule has 1 N–H and O–H groups in total. The monoisotopic (exact) mass is 289 g/mol. The van der Waals surface area contributed by atoms with Crippen molar-refractivity contribution in [3.63, 3.8) is 0 Å². The van der Waals surface area contributed by atoms with Gasteiger partial charge in [-0.05, 0) is 12.5 Å². The summed E-state index contributed by atoms with van der Waals surface area (Å²) in [6, 6.07) is 6.63. The average molecular weight is 289 g/mol. The van der Waals surface area contributed by atoms with E-state index < -0.39 is 17.4 Å². The summed E-state index contributed by atoms with van der Waals surface area (Å²) in [6.45, 7) is -0.837. The predicted octanol–water partition coefficient (Wildman–Crippen LogP) is 2.46. The minimum absolute atomic E-state index is 0.152. The van der Waals surface area contributed by atoms with Gasteiger partial charge in [-0.2, -0.15) is 8.78 Å². The minimum Gasteiger partial charge on any atom is -0.434 e. The molecule has 0 aliphatic carbocycles. The Labute approximate surface area is 113 Å². The van der Waals surface area contributed by atoms with Crippen molar-refractivity contribution in [2.24, 2.45) is 0 Å². The van der Waals surface area contributed by atoms with E-state index in [-0.39, 0.29) is 17.8 Å². The van der Waals surface area contributed by atoms with Crippen LogP contribution in [0.3, 0.4) is 0 Å². The largest absolute Gasteiger partial charge is 0.434 e. The van der Waals surface area contributed by atoms with Crippen LogP contribution in [0.5, 0.6) is 5.75 Å². The van der Waals surface area contributed by atoms with E-state index in [1.807, 2.05) is 6.92 Å².